The average Bonchev–Trinajstić information content (AvgIpc) is 2.21. The quantitative estimate of drug-likeness (QED) is 0.808. The van der Waals surface area contributed by atoms with E-state index >= 15 is 0 Å². The molecule has 0 atom stereocenters. The Morgan fingerprint density at radius 1 is 1.39 bits per heavy atom. The molecule has 0 saturated carbocycles. The SMILES string of the molecule is Cc1ccc(NC(=O)CS(=O)(=O)C(C)C)c(N)c1. The summed E-state index contributed by atoms with van der Waals surface area (Å²) >= 11 is 0. The molecule has 0 heterocycles. The van der Waals surface area contributed by atoms with Crippen molar-refractivity contribution in [2.24, 2.45) is 0 Å². The molecule has 0 bridgehead atoms. The first kappa shape index (κ1) is 14.5. The van der Waals surface area contributed by atoms with Crippen LogP contribution in [0.15, 0.2) is 18.2 Å². The molecule has 0 aromatic heterocycles. The van der Waals surface area contributed by atoms with Crippen molar-refractivity contribution >= 4 is 27.1 Å². The van der Waals surface area contributed by atoms with Crippen LogP contribution in [0.2, 0.25) is 0 Å². The minimum absolute atomic E-state index is 0.422. The van der Waals surface area contributed by atoms with Crippen LogP contribution in [0.5, 0.6) is 0 Å². The first-order chi connectivity index (χ1) is 8.22. The molecule has 100 valence electrons. The Labute approximate surface area is 107 Å². The molecule has 0 spiro atoms. The van der Waals surface area contributed by atoms with Crippen molar-refractivity contribution in [1.82, 2.24) is 0 Å². The van der Waals surface area contributed by atoms with Gasteiger partial charge in [-0.1, -0.05) is 6.07 Å². The summed E-state index contributed by atoms with van der Waals surface area (Å²) in [5.74, 6) is -1.10. The van der Waals surface area contributed by atoms with E-state index in [-0.39, 0.29) is 0 Å². The van der Waals surface area contributed by atoms with E-state index in [4.69, 9.17) is 5.73 Å². The number of nitrogens with two attached hydrogens (primary N) is 1. The topological polar surface area (TPSA) is 89.3 Å². The molecule has 0 radical (unpaired) electrons. The summed E-state index contributed by atoms with van der Waals surface area (Å²) in [4.78, 5) is 11.6. The number of nitrogens with one attached hydrogen (secondary N) is 1. The Morgan fingerprint density at radius 3 is 2.50 bits per heavy atom. The van der Waals surface area contributed by atoms with Gasteiger partial charge in [-0.25, -0.2) is 8.42 Å². The van der Waals surface area contributed by atoms with Gasteiger partial charge in [0.15, 0.2) is 9.84 Å². The molecule has 0 saturated heterocycles. The lowest BCUT2D eigenvalue weighted by Crippen LogP contribution is -2.28. The zero-order valence-electron chi connectivity index (χ0n) is 10.7. The standard InChI is InChI=1S/C12H18N2O3S/c1-8(2)18(16,17)7-12(15)14-11-5-4-9(3)6-10(11)13/h4-6,8H,7,13H2,1-3H3,(H,14,15). The fourth-order valence-corrected chi connectivity index (χ4v) is 2.10. The van der Waals surface area contributed by atoms with Crippen molar-refractivity contribution in [3.8, 4) is 0 Å². The number of aryl methyl sites for hydroxylation is 1. The van der Waals surface area contributed by atoms with Gasteiger partial charge in [-0.2, -0.15) is 0 Å². The van der Waals surface area contributed by atoms with Crippen LogP contribution < -0.4 is 11.1 Å². The molecule has 18 heavy (non-hydrogen) atoms. The minimum atomic E-state index is -3.39. The summed E-state index contributed by atoms with van der Waals surface area (Å²) in [5.41, 5.74) is 7.56. The van der Waals surface area contributed by atoms with Crippen molar-refractivity contribution in [3.05, 3.63) is 23.8 Å². The molecule has 3 N–H and O–H groups in total. The van der Waals surface area contributed by atoms with Crippen molar-refractivity contribution in [3.63, 3.8) is 0 Å². The van der Waals surface area contributed by atoms with E-state index in [1.807, 2.05) is 6.92 Å². The molecular formula is C12H18N2O3S. The fourth-order valence-electron chi connectivity index (χ4n) is 1.33. The van der Waals surface area contributed by atoms with Crippen LogP contribution in [-0.4, -0.2) is 25.3 Å². The maximum atomic E-state index is 11.6. The Balaban J connectivity index is 2.77. The normalized spacial score (nSPS) is 11.6. The maximum absolute atomic E-state index is 11.6. The van der Waals surface area contributed by atoms with Crippen LogP contribution in [-0.2, 0) is 14.6 Å². The zero-order chi connectivity index (χ0) is 13.9. The molecule has 0 unspecified atom stereocenters. The number of carbonyl (C=O) groups is 1. The molecule has 0 aliphatic rings. The predicted molar refractivity (Wildman–Crippen MR) is 73.1 cm³/mol. The largest absolute Gasteiger partial charge is 0.397 e. The van der Waals surface area contributed by atoms with Crippen molar-refractivity contribution in [1.29, 1.82) is 0 Å². The smallest absolute Gasteiger partial charge is 0.239 e. The van der Waals surface area contributed by atoms with Crippen LogP contribution in [0, 0.1) is 6.92 Å². The molecule has 0 aliphatic carbocycles. The van der Waals surface area contributed by atoms with Gasteiger partial charge in [0.05, 0.1) is 16.6 Å². The van der Waals surface area contributed by atoms with Gasteiger partial charge in [0.2, 0.25) is 5.91 Å². The first-order valence-corrected chi connectivity index (χ1v) is 7.31. The molecule has 0 fully saturated rings. The van der Waals surface area contributed by atoms with E-state index in [1.54, 1.807) is 32.0 Å². The highest BCUT2D eigenvalue weighted by molar-refractivity contribution is 7.92. The highest BCUT2D eigenvalue weighted by atomic mass is 32.2. The van der Waals surface area contributed by atoms with Gasteiger partial charge < -0.3 is 11.1 Å². The Morgan fingerprint density at radius 2 is 2.00 bits per heavy atom. The van der Waals surface area contributed by atoms with Crippen LogP contribution >= 0.6 is 0 Å². The van der Waals surface area contributed by atoms with Crippen molar-refractivity contribution < 1.29 is 13.2 Å². The molecular weight excluding hydrogens is 252 g/mol. The van der Waals surface area contributed by atoms with Gasteiger partial charge in [-0.3, -0.25) is 4.79 Å². The molecule has 5 nitrogen and oxygen atoms in total. The number of hydrogen-bond acceptors (Lipinski definition) is 4. The van der Waals surface area contributed by atoms with Crippen LogP contribution in [0.3, 0.4) is 0 Å². The summed E-state index contributed by atoms with van der Waals surface area (Å²) < 4.78 is 23.2. The minimum Gasteiger partial charge on any atom is -0.397 e. The van der Waals surface area contributed by atoms with Crippen molar-refractivity contribution in [2.75, 3.05) is 16.8 Å². The molecule has 1 aromatic rings. The third kappa shape index (κ3) is 3.73. The maximum Gasteiger partial charge on any atom is 0.239 e. The number of amides is 1. The lowest BCUT2D eigenvalue weighted by molar-refractivity contribution is -0.113. The molecule has 0 aliphatic heterocycles. The third-order valence-corrected chi connectivity index (χ3v) is 4.63. The Kier molecular flexibility index (Phi) is 4.34. The van der Waals surface area contributed by atoms with Gasteiger partial charge in [0.25, 0.3) is 0 Å². The molecule has 1 amide bonds. The number of hydrogen-bond donors (Lipinski definition) is 2. The lowest BCUT2D eigenvalue weighted by Gasteiger charge is -2.10. The van der Waals surface area contributed by atoms with Gasteiger partial charge in [0, 0.05) is 0 Å². The van der Waals surface area contributed by atoms with Crippen LogP contribution in [0.25, 0.3) is 0 Å². The highest BCUT2D eigenvalue weighted by Crippen LogP contribution is 2.19. The number of sulfone groups is 1. The van der Waals surface area contributed by atoms with Gasteiger partial charge in [-0.15, -0.1) is 0 Å². The first-order valence-electron chi connectivity index (χ1n) is 5.60. The zero-order valence-corrected chi connectivity index (χ0v) is 11.5. The van der Waals surface area contributed by atoms with E-state index < -0.39 is 26.7 Å². The lowest BCUT2D eigenvalue weighted by atomic mass is 10.2. The van der Waals surface area contributed by atoms with Gasteiger partial charge in [0.1, 0.15) is 5.75 Å². The number of carbonyl (C=O) groups excluding carboxylic acids is 1. The van der Waals surface area contributed by atoms with Crippen LogP contribution in [0.1, 0.15) is 19.4 Å². The van der Waals surface area contributed by atoms with E-state index in [1.165, 1.54) is 0 Å². The second kappa shape index (κ2) is 5.39. The van der Waals surface area contributed by atoms with E-state index in [0.717, 1.165) is 5.56 Å². The third-order valence-electron chi connectivity index (χ3n) is 2.53. The molecule has 1 rings (SSSR count). The summed E-state index contributed by atoms with van der Waals surface area (Å²) in [6.45, 7) is 4.97. The molecule has 1 aromatic carbocycles. The fraction of sp³-hybridized carbons (Fsp3) is 0.417. The van der Waals surface area contributed by atoms with E-state index in [2.05, 4.69) is 5.32 Å². The Hall–Kier alpha value is -1.56. The second-order valence-electron chi connectivity index (χ2n) is 4.49. The second-order valence-corrected chi connectivity index (χ2v) is 7.05. The summed E-state index contributed by atoms with van der Waals surface area (Å²) in [6, 6.07) is 5.17. The number of anilines is 2. The number of benzene rings is 1. The van der Waals surface area contributed by atoms with Crippen molar-refractivity contribution in [2.45, 2.75) is 26.0 Å². The van der Waals surface area contributed by atoms with E-state index in [9.17, 15) is 13.2 Å². The monoisotopic (exact) mass is 270 g/mol. The summed E-state index contributed by atoms with van der Waals surface area (Å²) in [5, 5.41) is 1.93. The summed E-state index contributed by atoms with van der Waals surface area (Å²) in [6.07, 6.45) is 0. The molecule has 6 heteroatoms. The highest BCUT2D eigenvalue weighted by Gasteiger charge is 2.20. The summed E-state index contributed by atoms with van der Waals surface area (Å²) in [7, 11) is -3.39. The average molecular weight is 270 g/mol. The Bertz CT molecular complexity index is 550. The van der Waals surface area contributed by atoms with Gasteiger partial charge >= 0.3 is 0 Å². The van der Waals surface area contributed by atoms with E-state index in [0.29, 0.717) is 11.4 Å². The number of nitrogen functional groups attached to an aromatic ring is 1. The van der Waals surface area contributed by atoms with Gasteiger partial charge in [-0.05, 0) is 38.5 Å². The van der Waals surface area contributed by atoms with Crippen LogP contribution in [0.4, 0.5) is 11.4 Å². The predicted octanol–water partition coefficient (Wildman–Crippen LogP) is 1.34. The number of rotatable bonds is 4.